The Labute approximate surface area is 97.1 Å². The molecule has 1 rings (SSSR count). The third-order valence-corrected chi connectivity index (χ3v) is 2.77. The van der Waals surface area contributed by atoms with E-state index in [1.54, 1.807) is 6.20 Å². The molecule has 0 fully saturated rings. The highest BCUT2D eigenvalue weighted by Crippen LogP contribution is 2.26. The highest BCUT2D eigenvalue weighted by molar-refractivity contribution is 5.76. The average molecular weight is 220 g/mol. The molecule has 0 unspecified atom stereocenters. The van der Waals surface area contributed by atoms with Gasteiger partial charge in [-0.2, -0.15) is 0 Å². The molecule has 0 radical (unpaired) electrons. The number of carbonyl (C=O) groups excluding carboxylic acids is 1. The fourth-order valence-electron chi connectivity index (χ4n) is 1.88. The zero-order valence-corrected chi connectivity index (χ0v) is 10.3. The second-order valence-corrected chi connectivity index (χ2v) is 4.83. The average Bonchev–Trinajstić information content (AvgIpc) is 2.17. The highest BCUT2D eigenvalue weighted by atomic mass is 16.1. The summed E-state index contributed by atoms with van der Waals surface area (Å²) >= 11 is 0. The Morgan fingerprint density at radius 3 is 2.56 bits per heavy atom. The summed E-state index contributed by atoms with van der Waals surface area (Å²) in [7, 11) is 0. The minimum Gasteiger partial charge on any atom is -0.369 e. The molecule has 3 nitrogen and oxygen atoms in total. The van der Waals surface area contributed by atoms with Crippen molar-refractivity contribution in [3.63, 3.8) is 0 Å². The number of aromatic nitrogens is 1. The third kappa shape index (κ3) is 3.33. The predicted octanol–water partition coefficient (Wildman–Crippen LogP) is 2.19. The van der Waals surface area contributed by atoms with E-state index < -0.39 is 0 Å². The molecule has 1 aromatic rings. The van der Waals surface area contributed by atoms with Crippen molar-refractivity contribution < 1.29 is 4.79 Å². The van der Waals surface area contributed by atoms with Gasteiger partial charge in [0.05, 0.1) is 6.42 Å². The van der Waals surface area contributed by atoms with Gasteiger partial charge in [0.1, 0.15) is 0 Å². The van der Waals surface area contributed by atoms with Crippen molar-refractivity contribution in [1.29, 1.82) is 0 Å². The Balaban J connectivity index is 2.81. The molecule has 0 saturated heterocycles. The molecular weight excluding hydrogens is 200 g/mol. The lowest BCUT2D eigenvalue weighted by Crippen LogP contribution is -2.19. The SMILES string of the molecule is CCCC(C)(C)c1ccc(CC(N)=O)cn1. The van der Waals surface area contributed by atoms with E-state index in [0.29, 0.717) is 0 Å². The summed E-state index contributed by atoms with van der Waals surface area (Å²) < 4.78 is 0. The largest absolute Gasteiger partial charge is 0.369 e. The number of rotatable bonds is 5. The number of hydrogen-bond donors (Lipinski definition) is 1. The van der Waals surface area contributed by atoms with Crippen LogP contribution in [0.15, 0.2) is 18.3 Å². The smallest absolute Gasteiger partial charge is 0.221 e. The summed E-state index contributed by atoms with van der Waals surface area (Å²) in [6.07, 6.45) is 4.26. The molecule has 0 aliphatic carbocycles. The summed E-state index contributed by atoms with van der Waals surface area (Å²) in [5, 5.41) is 0. The van der Waals surface area contributed by atoms with Gasteiger partial charge in [-0.1, -0.05) is 33.3 Å². The molecule has 0 spiro atoms. The van der Waals surface area contributed by atoms with Crippen LogP contribution in [0.1, 0.15) is 44.9 Å². The number of nitrogens with two attached hydrogens (primary N) is 1. The van der Waals surface area contributed by atoms with Crippen molar-refractivity contribution in [2.24, 2.45) is 5.73 Å². The Morgan fingerprint density at radius 2 is 2.12 bits per heavy atom. The zero-order valence-electron chi connectivity index (χ0n) is 10.3. The first-order valence-electron chi connectivity index (χ1n) is 5.69. The fraction of sp³-hybridized carbons (Fsp3) is 0.538. The minimum absolute atomic E-state index is 0.0972. The lowest BCUT2D eigenvalue weighted by molar-refractivity contribution is -0.117. The number of hydrogen-bond acceptors (Lipinski definition) is 2. The van der Waals surface area contributed by atoms with E-state index in [0.717, 1.165) is 24.1 Å². The number of primary amides is 1. The molecule has 0 aliphatic rings. The first kappa shape index (κ1) is 12.7. The van der Waals surface area contributed by atoms with Crippen LogP contribution in [0.25, 0.3) is 0 Å². The van der Waals surface area contributed by atoms with E-state index in [1.807, 2.05) is 12.1 Å². The van der Waals surface area contributed by atoms with Crippen LogP contribution < -0.4 is 5.73 Å². The lowest BCUT2D eigenvalue weighted by atomic mass is 9.84. The maximum atomic E-state index is 10.7. The predicted molar refractivity (Wildman–Crippen MR) is 65.1 cm³/mol. The Bertz CT molecular complexity index is 355. The van der Waals surface area contributed by atoms with Gasteiger partial charge in [-0.3, -0.25) is 9.78 Å². The Kier molecular flexibility index (Phi) is 4.05. The van der Waals surface area contributed by atoms with Crippen molar-refractivity contribution in [1.82, 2.24) is 4.98 Å². The first-order chi connectivity index (χ1) is 7.45. The van der Waals surface area contributed by atoms with Crippen molar-refractivity contribution in [2.75, 3.05) is 0 Å². The molecule has 0 saturated carbocycles. The molecule has 1 aromatic heterocycles. The van der Waals surface area contributed by atoms with Gasteiger partial charge in [-0.15, -0.1) is 0 Å². The van der Waals surface area contributed by atoms with E-state index in [4.69, 9.17) is 5.73 Å². The minimum atomic E-state index is -0.317. The molecule has 0 aliphatic heterocycles. The normalized spacial score (nSPS) is 11.4. The maximum absolute atomic E-state index is 10.7. The van der Waals surface area contributed by atoms with Crippen molar-refractivity contribution in [2.45, 2.75) is 45.4 Å². The zero-order chi connectivity index (χ0) is 12.2. The van der Waals surface area contributed by atoms with Gasteiger partial charge < -0.3 is 5.73 Å². The highest BCUT2D eigenvalue weighted by Gasteiger charge is 2.20. The Hall–Kier alpha value is -1.38. The van der Waals surface area contributed by atoms with Crippen LogP contribution in [0, 0.1) is 0 Å². The molecule has 0 aromatic carbocycles. The summed E-state index contributed by atoms with van der Waals surface area (Å²) in [5.41, 5.74) is 7.18. The van der Waals surface area contributed by atoms with Gasteiger partial charge in [0, 0.05) is 17.3 Å². The van der Waals surface area contributed by atoms with E-state index in [2.05, 4.69) is 25.8 Å². The number of pyridine rings is 1. The van der Waals surface area contributed by atoms with Crippen LogP contribution in [-0.2, 0) is 16.6 Å². The molecule has 1 heterocycles. The van der Waals surface area contributed by atoms with E-state index >= 15 is 0 Å². The summed E-state index contributed by atoms with van der Waals surface area (Å²) in [6.45, 7) is 6.54. The van der Waals surface area contributed by atoms with Gasteiger partial charge in [-0.05, 0) is 18.1 Å². The molecule has 0 bridgehead atoms. The van der Waals surface area contributed by atoms with Crippen molar-refractivity contribution >= 4 is 5.91 Å². The number of nitrogens with zero attached hydrogens (tertiary/aromatic N) is 1. The molecule has 2 N–H and O–H groups in total. The first-order valence-corrected chi connectivity index (χ1v) is 5.69. The standard InChI is InChI=1S/C13H20N2O/c1-4-7-13(2,3)11-6-5-10(9-15-11)8-12(14)16/h5-6,9H,4,7-8H2,1-3H3,(H2,14,16). The fourth-order valence-corrected chi connectivity index (χ4v) is 1.88. The van der Waals surface area contributed by atoms with E-state index in [-0.39, 0.29) is 17.7 Å². The summed E-state index contributed by atoms with van der Waals surface area (Å²) in [4.78, 5) is 15.2. The monoisotopic (exact) mass is 220 g/mol. The molecule has 3 heteroatoms. The van der Waals surface area contributed by atoms with Crippen LogP contribution in [0.3, 0.4) is 0 Å². The molecule has 0 atom stereocenters. The van der Waals surface area contributed by atoms with E-state index in [9.17, 15) is 4.79 Å². The van der Waals surface area contributed by atoms with Gasteiger partial charge in [-0.25, -0.2) is 0 Å². The van der Waals surface area contributed by atoms with Gasteiger partial charge in [0.25, 0.3) is 0 Å². The second-order valence-electron chi connectivity index (χ2n) is 4.83. The van der Waals surface area contributed by atoms with Crippen LogP contribution in [0.4, 0.5) is 0 Å². The van der Waals surface area contributed by atoms with Crippen LogP contribution in [0.2, 0.25) is 0 Å². The Morgan fingerprint density at radius 1 is 1.44 bits per heavy atom. The topological polar surface area (TPSA) is 56.0 Å². The second kappa shape index (κ2) is 5.10. The van der Waals surface area contributed by atoms with Crippen LogP contribution >= 0.6 is 0 Å². The maximum Gasteiger partial charge on any atom is 0.221 e. The van der Waals surface area contributed by atoms with Crippen molar-refractivity contribution in [3.05, 3.63) is 29.6 Å². The van der Waals surface area contributed by atoms with Gasteiger partial charge in [0.2, 0.25) is 5.91 Å². The summed E-state index contributed by atoms with van der Waals surface area (Å²) in [5.74, 6) is -0.317. The molecule has 16 heavy (non-hydrogen) atoms. The van der Waals surface area contributed by atoms with Crippen LogP contribution in [-0.4, -0.2) is 10.9 Å². The number of carbonyl (C=O) groups is 1. The van der Waals surface area contributed by atoms with Gasteiger partial charge >= 0.3 is 0 Å². The lowest BCUT2D eigenvalue weighted by Gasteiger charge is -2.23. The van der Waals surface area contributed by atoms with Crippen molar-refractivity contribution in [3.8, 4) is 0 Å². The quantitative estimate of drug-likeness (QED) is 0.827. The number of amides is 1. The van der Waals surface area contributed by atoms with Crippen LogP contribution in [0.5, 0.6) is 0 Å². The van der Waals surface area contributed by atoms with Gasteiger partial charge in [0.15, 0.2) is 0 Å². The summed E-state index contributed by atoms with van der Waals surface area (Å²) in [6, 6.07) is 3.93. The molecule has 1 amide bonds. The van der Waals surface area contributed by atoms with E-state index in [1.165, 1.54) is 0 Å². The molecular formula is C13H20N2O. The third-order valence-electron chi connectivity index (χ3n) is 2.77. The molecule has 88 valence electrons.